The Morgan fingerprint density at radius 3 is 2.42 bits per heavy atom. The molecular formula is C24H25F4N3O4S. The fourth-order valence-electron chi connectivity index (χ4n) is 4.38. The number of alkyl halides is 3. The van der Waals surface area contributed by atoms with Gasteiger partial charge in [-0.05, 0) is 43.4 Å². The van der Waals surface area contributed by atoms with E-state index in [2.05, 4.69) is 0 Å². The van der Waals surface area contributed by atoms with E-state index < -0.39 is 48.2 Å². The van der Waals surface area contributed by atoms with E-state index in [-0.39, 0.29) is 39.2 Å². The molecule has 1 aliphatic heterocycles. The van der Waals surface area contributed by atoms with E-state index >= 15 is 0 Å². The van der Waals surface area contributed by atoms with Crippen molar-refractivity contribution >= 4 is 27.5 Å². The molecule has 194 valence electrons. The number of likely N-dealkylation sites (tertiary alicyclic amines) is 1. The zero-order valence-electron chi connectivity index (χ0n) is 19.5. The number of thiophene rings is 1. The summed E-state index contributed by atoms with van der Waals surface area (Å²) in [6, 6.07) is 5.84. The summed E-state index contributed by atoms with van der Waals surface area (Å²) in [6.07, 6.45) is -5.56. The number of aromatic nitrogens is 2. The van der Waals surface area contributed by atoms with Gasteiger partial charge in [-0.1, -0.05) is 18.2 Å². The van der Waals surface area contributed by atoms with Crippen LogP contribution in [-0.2, 0) is 19.5 Å². The molecule has 1 aliphatic rings. The van der Waals surface area contributed by atoms with Crippen molar-refractivity contribution < 1.29 is 27.5 Å². The lowest BCUT2D eigenvalue weighted by Crippen LogP contribution is -2.41. The average Bonchev–Trinajstić information content (AvgIpc) is 3.16. The molecule has 1 aromatic carbocycles. The van der Waals surface area contributed by atoms with Crippen molar-refractivity contribution in [2.24, 2.45) is 0 Å². The number of piperidine rings is 1. The first-order valence-corrected chi connectivity index (χ1v) is 12.3. The third-order valence-electron chi connectivity index (χ3n) is 6.42. The number of halogens is 4. The maximum absolute atomic E-state index is 14.1. The number of carbonyl (C=O) groups is 1. The zero-order valence-corrected chi connectivity index (χ0v) is 20.3. The molecule has 36 heavy (non-hydrogen) atoms. The number of aliphatic hydroxyl groups is 1. The number of nitrogens with zero attached hydrogens (tertiary/aromatic N) is 3. The van der Waals surface area contributed by atoms with Crippen LogP contribution in [0.4, 0.5) is 17.6 Å². The highest BCUT2D eigenvalue weighted by Gasteiger charge is 2.31. The number of amides is 1. The summed E-state index contributed by atoms with van der Waals surface area (Å²) in [4.78, 5) is 41.5. The maximum atomic E-state index is 14.1. The monoisotopic (exact) mass is 527 g/mol. The lowest BCUT2D eigenvalue weighted by atomic mass is 10.1. The summed E-state index contributed by atoms with van der Waals surface area (Å²) in [5, 5.41) is 9.73. The van der Waals surface area contributed by atoms with E-state index in [0.717, 1.165) is 20.5 Å². The zero-order chi connectivity index (χ0) is 26.2. The summed E-state index contributed by atoms with van der Waals surface area (Å²) in [7, 11) is 0. The lowest BCUT2D eigenvalue weighted by Gasteiger charge is -2.29. The quantitative estimate of drug-likeness (QED) is 0.498. The van der Waals surface area contributed by atoms with Crippen molar-refractivity contribution in [1.82, 2.24) is 14.0 Å². The fraction of sp³-hybridized carbons (Fsp3) is 0.458. The van der Waals surface area contributed by atoms with Crippen molar-refractivity contribution in [3.8, 4) is 0 Å². The first-order valence-electron chi connectivity index (χ1n) is 11.5. The van der Waals surface area contributed by atoms with Crippen LogP contribution >= 0.6 is 11.3 Å². The molecule has 3 aromatic rings. The van der Waals surface area contributed by atoms with Crippen LogP contribution in [0.15, 0.2) is 33.9 Å². The van der Waals surface area contributed by atoms with Crippen LogP contribution < -0.4 is 11.2 Å². The van der Waals surface area contributed by atoms with Crippen LogP contribution in [0.5, 0.6) is 0 Å². The maximum Gasteiger partial charge on any atom is 0.390 e. The van der Waals surface area contributed by atoms with Gasteiger partial charge in [-0.25, -0.2) is 9.18 Å². The Morgan fingerprint density at radius 2 is 1.78 bits per heavy atom. The summed E-state index contributed by atoms with van der Waals surface area (Å²) >= 11 is 0.826. The van der Waals surface area contributed by atoms with Gasteiger partial charge in [0.25, 0.3) is 11.5 Å². The number of aryl methyl sites for hydroxylation is 3. The summed E-state index contributed by atoms with van der Waals surface area (Å²) in [5.41, 5.74) is -1.11. The van der Waals surface area contributed by atoms with Gasteiger partial charge in [0.05, 0.1) is 22.8 Å². The first-order chi connectivity index (χ1) is 17.0. The minimum absolute atomic E-state index is 0.00860. The minimum atomic E-state index is -4.54. The van der Waals surface area contributed by atoms with Gasteiger partial charge < -0.3 is 10.0 Å². The van der Waals surface area contributed by atoms with E-state index in [9.17, 15) is 37.1 Å². The second kappa shape index (κ2) is 10.2. The molecule has 1 saturated heterocycles. The second-order valence-corrected chi connectivity index (χ2v) is 9.86. The van der Waals surface area contributed by atoms with Crippen molar-refractivity contribution in [3.05, 3.63) is 66.9 Å². The van der Waals surface area contributed by atoms with Crippen LogP contribution in [-0.4, -0.2) is 50.4 Å². The molecule has 0 atom stereocenters. The molecule has 0 aliphatic carbocycles. The average molecular weight is 528 g/mol. The fourth-order valence-corrected chi connectivity index (χ4v) is 5.66. The predicted octanol–water partition coefficient (Wildman–Crippen LogP) is 3.46. The molecule has 12 heteroatoms. The van der Waals surface area contributed by atoms with Gasteiger partial charge in [-0.2, -0.15) is 13.2 Å². The van der Waals surface area contributed by atoms with Crippen molar-refractivity contribution in [1.29, 1.82) is 0 Å². The van der Waals surface area contributed by atoms with Crippen LogP contribution in [0, 0.1) is 12.7 Å². The Kier molecular flexibility index (Phi) is 7.37. The Labute approximate surface area is 207 Å². The predicted molar refractivity (Wildman–Crippen MR) is 127 cm³/mol. The van der Waals surface area contributed by atoms with Gasteiger partial charge in [0.2, 0.25) is 0 Å². The van der Waals surface area contributed by atoms with E-state index in [1.165, 1.54) is 30.0 Å². The van der Waals surface area contributed by atoms with Crippen LogP contribution in [0.3, 0.4) is 0 Å². The number of hydrogen-bond donors (Lipinski definition) is 1. The number of benzene rings is 1. The Bertz CT molecular complexity index is 1400. The molecule has 1 fully saturated rings. The summed E-state index contributed by atoms with van der Waals surface area (Å²) < 4.78 is 54.9. The molecule has 0 saturated carbocycles. The van der Waals surface area contributed by atoms with Gasteiger partial charge in [0.15, 0.2) is 0 Å². The first kappa shape index (κ1) is 26.1. The number of rotatable bonds is 6. The molecule has 4 rings (SSSR count). The Hall–Kier alpha value is -2.99. The van der Waals surface area contributed by atoms with Gasteiger partial charge in [0.1, 0.15) is 10.6 Å². The number of fused-ring (bicyclic) bond motifs is 1. The summed E-state index contributed by atoms with van der Waals surface area (Å²) in [6.45, 7) is 1.19. The van der Waals surface area contributed by atoms with Crippen LogP contribution in [0.25, 0.3) is 10.2 Å². The Morgan fingerprint density at radius 1 is 1.11 bits per heavy atom. The van der Waals surface area contributed by atoms with E-state index in [0.29, 0.717) is 25.9 Å². The molecule has 1 N–H and O–H groups in total. The third-order valence-corrected chi connectivity index (χ3v) is 7.72. The van der Waals surface area contributed by atoms with Crippen LogP contribution in [0.1, 0.15) is 40.1 Å². The van der Waals surface area contributed by atoms with E-state index in [1.807, 2.05) is 0 Å². The molecule has 0 radical (unpaired) electrons. The van der Waals surface area contributed by atoms with Gasteiger partial charge >= 0.3 is 11.9 Å². The molecule has 1 amide bonds. The molecule has 3 heterocycles. The highest BCUT2D eigenvalue weighted by Crippen LogP contribution is 2.31. The largest absolute Gasteiger partial charge is 0.393 e. The van der Waals surface area contributed by atoms with E-state index in [1.54, 1.807) is 6.07 Å². The highest BCUT2D eigenvalue weighted by molar-refractivity contribution is 7.20. The highest BCUT2D eigenvalue weighted by atomic mass is 32.1. The number of aliphatic hydroxyl groups excluding tert-OH is 1. The van der Waals surface area contributed by atoms with Gasteiger partial charge in [-0.15, -0.1) is 11.3 Å². The van der Waals surface area contributed by atoms with E-state index in [4.69, 9.17) is 0 Å². The van der Waals surface area contributed by atoms with Gasteiger partial charge in [0, 0.05) is 26.2 Å². The van der Waals surface area contributed by atoms with Crippen LogP contribution in [0.2, 0.25) is 0 Å². The normalized spacial score (nSPS) is 15.1. The lowest BCUT2D eigenvalue weighted by molar-refractivity contribution is -0.136. The summed E-state index contributed by atoms with van der Waals surface area (Å²) in [5.74, 6) is -0.914. The topological polar surface area (TPSA) is 84.5 Å². The molecule has 7 nitrogen and oxygen atoms in total. The molecule has 2 aromatic heterocycles. The second-order valence-electron chi connectivity index (χ2n) is 8.86. The number of carbonyl (C=O) groups excluding carboxylic acids is 1. The standard InChI is InChI=1S/C24H25F4N3O4S/c1-14-18-20(33)30(12-6-15-4-2-3-5-17(15)25)23(35)31(13-9-24(26,27)28)22(18)36-19(14)21(34)29-10-7-16(32)8-11-29/h2-5,16,32H,6-13H2,1H3. The SMILES string of the molecule is Cc1c(C(=O)N2CCC(O)CC2)sc2c1c(=O)n(CCc1ccccc1F)c(=O)n2CCC(F)(F)F. The van der Waals surface area contributed by atoms with Crippen molar-refractivity contribution in [2.75, 3.05) is 13.1 Å². The van der Waals surface area contributed by atoms with Crippen molar-refractivity contribution in [2.45, 2.75) is 58.0 Å². The van der Waals surface area contributed by atoms with Gasteiger partial charge in [-0.3, -0.25) is 18.7 Å². The minimum Gasteiger partial charge on any atom is -0.393 e. The van der Waals surface area contributed by atoms with Crippen molar-refractivity contribution in [3.63, 3.8) is 0 Å². The number of hydrogen-bond acceptors (Lipinski definition) is 5. The molecule has 0 bridgehead atoms. The Balaban J connectivity index is 1.81. The smallest absolute Gasteiger partial charge is 0.390 e. The molecule has 0 spiro atoms. The molecule has 0 unspecified atom stereocenters. The third kappa shape index (κ3) is 5.24. The molecular weight excluding hydrogens is 502 g/mol.